The maximum atomic E-state index is 13.7. The molecule has 1 saturated carbocycles. The van der Waals surface area contributed by atoms with Gasteiger partial charge in [-0.2, -0.15) is 5.26 Å². The highest BCUT2D eigenvalue weighted by Crippen LogP contribution is 2.38. The SMILES string of the molecule is C=CCC1CCC(C2COC(c3ccc(C#N)c(F)c3)OC2)CC1. The minimum absolute atomic E-state index is 0.0451. The van der Waals surface area contributed by atoms with Crippen LogP contribution in [0.1, 0.15) is 49.5 Å². The third-order valence-electron chi connectivity index (χ3n) is 5.37. The molecule has 0 bridgehead atoms. The van der Waals surface area contributed by atoms with Crippen LogP contribution in [-0.2, 0) is 9.47 Å². The lowest BCUT2D eigenvalue weighted by Crippen LogP contribution is -2.34. The normalized spacial score (nSPS) is 30.5. The summed E-state index contributed by atoms with van der Waals surface area (Å²) in [5.41, 5.74) is 0.684. The standard InChI is InChI=1S/C20H24FNO2/c1-2-3-14-4-6-15(7-5-14)18-12-23-20(24-13-18)16-8-9-17(11-22)19(21)10-16/h2,8-10,14-15,18,20H,1,3-7,12-13H2. The Morgan fingerprint density at radius 2 is 1.88 bits per heavy atom. The molecule has 1 saturated heterocycles. The Balaban J connectivity index is 1.52. The maximum Gasteiger partial charge on any atom is 0.183 e. The maximum absolute atomic E-state index is 13.7. The molecular weight excluding hydrogens is 305 g/mol. The summed E-state index contributed by atoms with van der Waals surface area (Å²) in [7, 11) is 0. The van der Waals surface area contributed by atoms with E-state index in [2.05, 4.69) is 6.58 Å². The Morgan fingerprint density at radius 1 is 1.17 bits per heavy atom. The molecule has 0 N–H and O–H groups in total. The first-order chi connectivity index (χ1) is 11.7. The van der Waals surface area contributed by atoms with E-state index < -0.39 is 12.1 Å². The zero-order valence-electron chi connectivity index (χ0n) is 13.9. The Hall–Kier alpha value is -1.70. The van der Waals surface area contributed by atoms with Gasteiger partial charge in [0.2, 0.25) is 0 Å². The number of halogens is 1. The van der Waals surface area contributed by atoms with Crippen molar-refractivity contribution in [1.82, 2.24) is 0 Å². The van der Waals surface area contributed by atoms with E-state index >= 15 is 0 Å². The van der Waals surface area contributed by atoms with Crippen LogP contribution in [0.5, 0.6) is 0 Å². The zero-order chi connectivity index (χ0) is 16.9. The highest BCUT2D eigenvalue weighted by molar-refractivity contribution is 5.33. The third-order valence-corrected chi connectivity index (χ3v) is 5.37. The summed E-state index contributed by atoms with van der Waals surface area (Å²) in [6, 6.07) is 6.34. The molecule has 0 atom stereocenters. The average Bonchev–Trinajstić information content (AvgIpc) is 2.63. The number of nitriles is 1. The summed E-state index contributed by atoms with van der Waals surface area (Å²) < 4.78 is 25.4. The fourth-order valence-corrected chi connectivity index (χ4v) is 3.88. The van der Waals surface area contributed by atoms with Crippen LogP contribution in [-0.4, -0.2) is 13.2 Å². The molecule has 2 fully saturated rings. The second kappa shape index (κ2) is 7.92. The van der Waals surface area contributed by atoms with Gasteiger partial charge in [-0.1, -0.05) is 12.1 Å². The van der Waals surface area contributed by atoms with E-state index in [9.17, 15) is 4.39 Å². The molecule has 0 amide bonds. The topological polar surface area (TPSA) is 42.2 Å². The van der Waals surface area contributed by atoms with Crippen molar-refractivity contribution in [3.8, 4) is 6.07 Å². The lowest BCUT2D eigenvalue weighted by Gasteiger charge is -2.37. The molecule has 1 aliphatic heterocycles. The molecule has 1 aliphatic carbocycles. The molecule has 1 aromatic carbocycles. The summed E-state index contributed by atoms with van der Waals surface area (Å²) in [4.78, 5) is 0. The predicted octanol–water partition coefficient (Wildman–Crippen LogP) is 4.74. The van der Waals surface area contributed by atoms with E-state index in [1.54, 1.807) is 6.07 Å². The molecule has 0 spiro atoms. The van der Waals surface area contributed by atoms with Gasteiger partial charge in [0.25, 0.3) is 0 Å². The van der Waals surface area contributed by atoms with E-state index in [-0.39, 0.29) is 5.56 Å². The Kier molecular flexibility index (Phi) is 5.65. The van der Waals surface area contributed by atoms with Gasteiger partial charge >= 0.3 is 0 Å². The molecule has 24 heavy (non-hydrogen) atoms. The van der Waals surface area contributed by atoms with Crippen LogP contribution in [0.25, 0.3) is 0 Å². The molecule has 3 nitrogen and oxygen atoms in total. The number of hydrogen-bond donors (Lipinski definition) is 0. The largest absolute Gasteiger partial charge is 0.348 e. The zero-order valence-corrected chi connectivity index (χ0v) is 13.9. The smallest absolute Gasteiger partial charge is 0.183 e. The number of hydrogen-bond acceptors (Lipinski definition) is 3. The number of allylic oxidation sites excluding steroid dienone is 1. The lowest BCUT2D eigenvalue weighted by molar-refractivity contribution is -0.214. The van der Waals surface area contributed by atoms with Gasteiger partial charge in [-0.25, -0.2) is 4.39 Å². The quantitative estimate of drug-likeness (QED) is 0.749. The van der Waals surface area contributed by atoms with Crippen molar-refractivity contribution in [3.05, 3.63) is 47.8 Å². The van der Waals surface area contributed by atoms with E-state index in [0.29, 0.717) is 30.6 Å². The number of nitrogens with zero attached hydrogens (tertiary/aromatic N) is 1. The van der Waals surface area contributed by atoms with Gasteiger partial charge < -0.3 is 9.47 Å². The minimum atomic E-state index is -0.527. The van der Waals surface area contributed by atoms with Crippen molar-refractivity contribution in [1.29, 1.82) is 5.26 Å². The van der Waals surface area contributed by atoms with E-state index in [4.69, 9.17) is 14.7 Å². The van der Waals surface area contributed by atoms with E-state index in [0.717, 1.165) is 12.3 Å². The molecule has 1 aromatic rings. The lowest BCUT2D eigenvalue weighted by atomic mass is 9.75. The van der Waals surface area contributed by atoms with Crippen molar-refractivity contribution in [2.75, 3.05) is 13.2 Å². The predicted molar refractivity (Wildman–Crippen MR) is 89.5 cm³/mol. The van der Waals surface area contributed by atoms with Crippen molar-refractivity contribution in [2.24, 2.45) is 17.8 Å². The first-order valence-corrected chi connectivity index (χ1v) is 8.75. The van der Waals surface area contributed by atoms with Gasteiger partial charge in [0.05, 0.1) is 18.8 Å². The summed E-state index contributed by atoms with van der Waals surface area (Å²) in [5.74, 6) is 1.35. The van der Waals surface area contributed by atoms with Gasteiger partial charge in [0, 0.05) is 11.5 Å². The van der Waals surface area contributed by atoms with Gasteiger partial charge in [-0.05, 0) is 56.1 Å². The third kappa shape index (κ3) is 3.85. The number of rotatable bonds is 4. The molecule has 4 heteroatoms. The van der Waals surface area contributed by atoms with Gasteiger partial charge in [0.1, 0.15) is 11.9 Å². The van der Waals surface area contributed by atoms with Crippen molar-refractivity contribution in [3.63, 3.8) is 0 Å². The molecule has 128 valence electrons. The molecular formula is C20H24FNO2. The minimum Gasteiger partial charge on any atom is -0.348 e. The summed E-state index contributed by atoms with van der Waals surface area (Å²) in [6.07, 6.45) is 7.60. The fraction of sp³-hybridized carbons (Fsp3) is 0.550. The number of ether oxygens (including phenoxy) is 2. The van der Waals surface area contributed by atoms with E-state index in [1.165, 1.54) is 37.8 Å². The molecule has 2 aliphatic rings. The van der Waals surface area contributed by atoms with Crippen LogP contribution >= 0.6 is 0 Å². The van der Waals surface area contributed by atoms with Crippen molar-refractivity contribution < 1.29 is 13.9 Å². The van der Waals surface area contributed by atoms with Crippen LogP contribution < -0.4 is 0 Å². The van der Waals surface area contributed by atoms with Crippen molar-refractivity contribution in [2.45, 2.75) is 38.4 Å². The van der Waals surface area contributed by atoms with Crippen LogP contribution in [0.2, 0.25) is 0 Å². The Bertz CT molecular complexity index is 609. The summed E-state index contributed by atoms with van der Waals surface area (Å²) in [5, 5.41) is 8.79. The van der Waals surface area contributed by atoms with E-state index in [1.807, 2.05) is 12.1 Å². The van der Waals surface area contributed by atoms with Crippen LogP contribution in [0.3, 0.4) is 0 Å². The second-order valence-corrected chi connectivity index (χ2v) is 6.91. The van der Waals surface area contributed by atoms with Crippen LogP contribution in [0.4, 0.5) is 4.39 Å². The van der Waals surface area contributed by atoms with Gasteiger partial charge in [-0.15, -0.1) is 6.58 Å². The number of benzene rings is 1. The first kappa shape index (κ1) is 17.1. The fourth-order valence-electron chi connectivity index (χ4n) is 3.88. The molecule has 0 unspecified atom stereocenters. The van der Waals surface area contributed by atoms with Gasteiger partial charge in [0.15, 0.2) is 6.29 Å². The first-order valence-electron chi connectivity index (χ1n) is 8.75. The highest BCUT2D eigenvalue weighted by atomic mass is 19.1. The Labute approximate surface area is 143 Å². The summed E-state index contributed by atoms with van der Waals surface area (Å²) in [6.45, 7) is 5.14. The van der Waals surface area contributed by atoms with Crippen LogP contribution in [0.15, 0.2) is 30.9 Å². The molecule has 3 rings (SSSR count). The highest BCUT2D eigenvalue weighted by Gasteiger charge is 2.32. The summed E-state index contributed by atoms with van der Waals surface area (Å²) >= 11 is 0. The molecule has 1 heterocycles. The molecule has 0 aromatic heterocycles. The van der Waals surface area contributed by atoms with Crippen LogP contribution in [0, 0.1) is 34.9 Å². The van der Waals surface area contributed by atoms with Crippen molar-refractivity contribution >= 4 is 0 Å². The monoisotopic (exact) mass is 329 g/mol. The van der Waals surface area contributed by atoms with Gasteiger partial charge in [-0.3, -0.25) is 0 Å². The average molecular weight is 329 g/mol. The second-order valence-electron chi connectivity index (χ2n) is 6.91. The Morgan fingerprint density at radius 3 is 2.46 bits per heavy atom. The molecule has 0 radical (unpaired) electrons.